The highest BCUT2D eigenvalue weighted by Crippen LogP contribution is 2.41. The Bertz CT molecular complexity index is 746. The largest absolute Gasteiger partial charge is 0.391 e. The van der Waals surface area contributed by atoms with Crippen LogP contribution in [-0.2, 0) is 5.41 Å². The lowest BCUT2D eigenvalue weighted by Crippen LogP contribution is -2.32. The predicted molar refractivity (Wildman–Crippen MR) is 99.9 cm³/mol. The van der Waals surface area contributed by atoms with Crippen molar-refractivity contribution in [3.05, 3.63) is 47.9 Å². The maximum atomic E-state index is 13.3. The van der Waals surface area contributed by atoms with E-state index in [9.17, 15) is 9.50 Å². The van der Waals surface area contributed by atoms with Crippen molar-refractivity contribution in [3.63, 3.8) is 0 Å². The van der Waals surface area contributed by atoms with Crippen LogP contribution in [0.3, 0.4) is 0 Å². The molecule has 1 aromatic carbocycles. The number of aliphatic hydroxyl groups excluding tert-OH is 1. The molecule has 0 bridgehead atoms. The van der Waals surface area contributed by atoms with Gasteiger partial charge in [0.15, 0.2) is 0 Å². The van der Waals surface area contributed by atoms with E-state index in [-0.39, 0.29) is 17.3 Å². The zero-order chi connectivity index (χ0) is 18.0. The number of β-amino-alcohol motifs (C(OH)–C–C–N with tert-alkyl or cyclic N) is 1. The third-order valence-electron chi connectivity index (χ3n) is 5.73. The highest BCUT2D eigenvalue weighted by molar-refractivity contribution is 5.44. The number of hydrogen-bond donors (Lipinski definition) is 2. The number of halogens is 1. The van der Waals surface area contributed by atoms with Gasteiger partial charge in [0, 0.05) is 31.2 Å². The highest BCUT2D eigenvalue weighted by atomic mass is 19.1. The number of benzene rings is 1. The molecule has 0 unspecified atom stereocenters. The maximum Gasteiger partial charge on any atom is 0.224 e. The Morgan fingerprint density at radius 3 is 2.65 bits per heavy atom. The van der Waals surface area contributed by atoms with E-state index in [1.54, 1.807) is 18.3 Å². The summed E-state index contributed by atoms with van der Waals surface area (Å²) in [5.74, 6) is 1.26. The zero-order valence-electron chi connectivity index (χ0n) is 14.9. The first kappa shape index (κ1) is 17.2. The summed E-state index contributed by atoms with van der Waals surface area (Å²) in [6.07, 6.45) is 6.81. The van der Waals surface area contributed by atoms with Crippen LogP contribution in [0, 0.1) is 5.82 Å². The normalized spacial score (nSPS) is 21.9. The molecular formula is C20H25FN4O. The Hall–Kier alpha value is -2.21. The van der Waals surface area contributed by atoms with E-state index in [1.165, 1.54) is 18.4 Å². The van der Waals surface area contributed by atoms with Crippen molar-refractivity contribution in [2.75, 3.05) is 29.9 Å². The molecular weight excluding hydrogens is 331 g/mol. The number of nitrogens with zero attached hydrogens (tertiary/aromatic N) is 3. The molecule has 0 radical (unpaired) electrons. The van der Waals surface area contributed by atoms with Gasteiger partial charge >= 0.3 is 0 Å². The van der Waals surface area contributed by atoms with Gasteiger partial charge in [-0.25, -0.2) is 9.37 Å². The molecule has 1 aliphatic heterocycles. The molecule has 0 amide bonds. The first-order chi connectivity index (χ1) is 12.6. The maximum absolute atomic E-state index is 13.3. The minimum atomic E-state index is -0.276. The summed E-state index contributed by atoms with van der Waals surface area (Å²) in [6.45, 7) is 2.18. The summed E-state index contributed by atoms with van der Waals surface area (Å²) in [5.41, 5.74) is 1.19. The van der Waals surface area contributed by atoms with Crippen LogP contribution in [0.5, 0.6) is 0 Å². The first-order valence-electron chi connectivity index (χ1n) is 9.41. The smallest absolute Gasteiger partial charge is 0.224 e. The number of nitrogens with one attached hydrogen (secondary N) is 1. The number of hydrogen-bond acceptors (Lipinski definition) is 5. The second-order valence-electron chi connectivity index (χ2n) is 7.47. The number of aliphatic hydroxyl groups is 1. The molecule has 1 atom stereocenters. The quantitative estimate of drug-likeness (QED) is 0.862. The van der Waals surface area contributed by atoms with E-state index in [0.29, 0.717) is 12.5 Å². The third kappa shape index (κ3) is 3.51. The molecule has 2 N–H and O–H groups in total. The van der Waals surface area contributed by atoms with Crippen molar-refractivity contribution in [1.29, 1.82) is 0 Å². The van der Waals surface area contributed by atoms with Crippen LogP contribution in [0.25, 0.3) is 0 Å². The van der Waals surface area contributed by atoms with E-state index in [2.05, 4.69) is 20.2 Å². The lowest BCUT2D eigenvalue weighted by Gasteiger charge is -2.30. The molecule has 1 aromatic heterocycles. The van der Waals surface area contributed by atoms with Gasteiger partial charge in [0.05, 0.1) is 6.10 Å². The van der Waals surface area contributed by atoms with E-state index < -0.39 is 0 Å². The van der Waals surface area contributed by atoms with Gasteiger partial charge in [0.2, 0.25) is 5.95 Å². The van der Waals surface area contributed by atoms with Gasteiger partial charge in [-0.1, -0.05) is 25.0 Å². The fourth-order valence-corrected chi connectivity index (χ4v) is 4.23. The van der Waals surface area contributed by atoms with Crippen molar-refractivity contribution in [2.24, 2.45) is 0 Å². The molecule has 6 heteroatoms. The summed E-state index contributed by atoms with van der Waals surface area (Å²) >= 11 is 0. The SMILES string of the molecule is O[C@H]1CCN(c2ccnc(NCC3(c4ccc(F)cc4)CCCC3)n2)C1. The van der Waals surface area contributed by atoms with Gasteiger partial charge in [0.25, 0.3) is 0 Å². The molecule has 2 heterocycles. The Morgan fingerprint density at radius 2 is 1.96 bits per heavy atom. The molecule has 2 aliphatic rings. The van der Waals surface area contributed by atoms with Crippen LogP contribution < -0.4 is 10.2 Å². The van der Waals surface area contributed by atoms with Crippen LogP contribution in [0.15, 0.2) is 36.5 Å². The minimum absolute atomic E-state index is 0.0108. The predicted octanol–water partition coefficient (Wildman–Crippen LogP) is 3.11. The molecule has 2 fully saturated rings. The van der Waals surface area contributed by atoms with Crippen LogP contribution in [0.1, 0.15) is 37.7 Å². The van der Waals surface area contributed by atoms with Crippen molar-refractivity contribution >= 4 is 11.8 Å². The molecule has 26 heavy (non-hydrogen) atoms. The van der Waals surface area contributed by atoms with Crippen LogP contribution in [0.4, 0.5) is 16.2 Å². The average molecular weight is 356 g/mol. The van der Waals surface area contributed by atoms with Crippen LogP contribution in [0.2, 0.25) is 0 Å². The Morgan fingerprint density at radius 1 is 1.19 bits per heavy atom. The van der Waals surface area contributed by atoms with Crippen molar-refractivity contribution in [3.8, 4) is 0 Å². The molecule has 4 rings (SSSR count). The second kappa shape index (κ2) is 7.19. The Balaban J connectivity index is 1.49. The molecule has 2 aromatic rings. The van der Waals surface area contributed by atoms with Crippen molar-refractivity contribution in [2.45, 2.75) is 43.6 Å². The van der Waals surface area contributed by atoms with E-state index in [4.69, 9.17) is 0 Å². The van der Waals surface area contributed by atoms with Gasteiger partial charge in [0.1, 0.15) is 11.6 Å². The van der Waals surface area contributed by atoms with Crippen molar-refractivity contribution < 1.29 is 9.50 Å². The summed E-state index contributed by atoms with van der Waals surface area (Å²) in [5, 5.41) is 13.1. The van der Waals surface area contributed by atoms with Gasteiger partial charge < -0.3 is 15.3 Å². The number of rotatable bonds is 5. The van der Waals surface area contributed by atoms with Crippen molar-refractivity contribution in [1.82, 2.24) is 9.97 Å². The van der Waals surface area contributed by atoms with Gasteiger partial charge in [-0.05, 0) is 43.0 Å². The van der Waals surface area contributed by atoms with Gasteiger partial charge in [-0.15, -0.1) is 0 Å². The molecule has 0 spiro atoms. The lowest BCUT2D eigenvalue weighted by molar-refractivity contribution is 0.198. The zero-order valence-corrected chi connectivity index (χ0v) is 14.9. The first-order valence-corrected chi connectivity index (χ1v) is 9.41. The lowest BCUT2D eigenvalue weighted by atomic mass is 9.79. The van der Waals surface area contributed by atoms with Gasteiger partial charge in [-0.2, -0.15) is 4.98 Å². The minimum Gasteiger partial charge on any atom is -0.391 e. The van der Waals surface area contributed by atoms with E-state index in [0.717, 1.165) is 38.2 Å². The highest BCUT2D eigenvalue weighted by Gasteiger charge is 2.35. The Kier molecular flexibility index (Phi) is 4.76. The number of anilines is 2. The summed E-state index contributed by atoms with van der Waals surface area (Å²) in [4.78, 5) is 11.1. The Labute approximate surface area is 153 Å². The second-order valence-corrected chi connectivity index (χ2v) is 7.47. The van der Waals surface area contributed by atoms with Crippen LogP contribution in [-0.4, -0.2) is 40.8 Å². The topological polar surface area (TPSA) is 61.3 Å². The molecule has 138 valence electrons. The number of aromatic nitrogens is 2. The summed E-state index contributed by atoms with van der Waals surface area (Å²) in [6, 6.07) is 8.79. The molecule has 1 saturated heterocycles. The van der Waals surface area contributed by atoms with E-state index >= 15 is 0 Å². The molecule has 5 nitrogen and oxygen atoms in total. The van der Waals surface area contributed by atoms with E-state index in [1.807, 2.05) is 18.2 Å². The fourth-order valence-electron chi connectivity index (χ4n) is 4.23. The van der Waals surface area contributed by atoms with Gasteiger partial charge in [-0.3, -0.25) is 0 Å². The molecule has 1 aliphatic carbocycles. The molecule has 1 saturated carbocycles. The third-order valence-corrected chi connectivity index (χ3v) is 5.73. The standard InChI is InChI=1S/C20H25FN4O/c21-16-5-3-15(4-6-16)20(9-1-2-10-20)14-23-19-22-11-7-18(24-19)25-12-8-17(26)13-25/h3-7,11,17,26H,1-2,8-10,12-14H2,(H,22,23,24)/t17-/m0/s1. The fraction of sp³-hybridized carbons (Fsp3) is 0.500. The monoisotopic (exact) mass is 356 g/mol. The summed E-state index contributed by atoms with van der Waals surface area (Å²) in [7, 11) is 0. The average Bonchev–Trinajstić information content (AvgIpc) is 3.31. The summed E-state index contributed by atoms with van der Waals surface area (Å²) < 4.78 is 13.3. The van der Waals surface area contributed by atoms with Crippen LogP contribution >= 0.6 is 0 Å².